The Hall–Kier alpha value is -1.78. The molecule has 0 aliphatic heterocycles. The van der Waals surface area contributed by atoms with Crippen molar-refractivity contribution < 1.29 is 18.0 Å². The van der Waals surface area contributed by atoms with Gasteiger partial charge in [-0.15, -0.1) is 6.58 Å². The number of alkyl halides is 3. The molecule has 0 heterocycles. The summed E-state index contributed by atoms with van der Waals surface area (Å²) in [7, 11) is 0. The molecule has 0 radical (unpaired) electrons. The zero-order valence-corrected chi connectivity index (χ0v) is 9.07. The molecule has 0 unspecified atom stereocenters. The molecule has 5 heteroatoms. The van der Waals surface area contributed by atoms with E-state index in [1.54, 1.807) is 30.3 Å². The molecular formula is C12H12F3NO. The minimum Gasteiger partial charge on any atom is -0.308 e. The van der Waals surface area contributed by atoms with Crippen molar-refractivity contribution in [2.75, 3.05) is 11.4 Å². The highest BCUT2D eigenvalue weighted by molar-refractivity contribution is 5.93. The van der Waals surface area contributed by atoms with E-state index in [1.165, 1.54) is 6.08 Å². The molecule has 17 heavy (non-hydrogen) atoms. The SMILES string of the molecule is C=CCN(C(=O)CC(F)(F)F)c1ccccc1. The number of benzene rings is 1. The Bertz CT molecular complexity index is 386. The summed E-state index contributed by atoms with van der Waals surface area (Å²) in [6, 6.07) is 8.21. The van der Waals surface area contributed by atoms with Crippen molar-refractivity contribution in [1.82, 2.24) is 0 Å². The number of halogens is 3. The van der Waals surface area contributed by atoms with E-state index < -0.39 is 18.5 Å². The van der Waals surface area contributed by atoms with Crippen molar-refractivity contribution in [1.29, 1.82) is 0 Å². The molecule has 0 bridgehead atoms. The van der Waals surface area contributed by atoms with Crippen molar-refractivity contribution >= 4 is 11.6 Å². The van der Waals surface area contributed by atoms with E-state index in [4.69, 9.17) is 0 Å². The van der Waals surface area contributed by atoms with Gasteiger partial charge in [-0.2, -0.15) is 13.2 Å². The highest BCUT2D eigenvalue weighted by atomic mass is 19.4. The van der Waals surface area contributed by atoms with Crippen LogP contribution in [-0.2, 0) is 4.79 Å². The Balaban J connectivity index is 2.87. The molecule has 1 amide bonds. The predicted octanol–water partition coefficient (Wildman–Crippen LogP) is 3.16. The molecule has 1 aromatic rings. The molecule has 0 saturated heterocycles. The zero-order chi connectivity index (χ0) is 12.9. The molecule has 0 aromatic heterocycles. The van der Waals surface area contributed by atoms with Crippen molar-refractivity contribution in [2.24, 2.45) is 0 Å². The molecule has 2 nitrogen and oxygen atoms in total. The van der Waals surface area contributed by atoms with Crippen LogP contribution in [-0.4, -0.2) is 18.6 Å². The van der Waals surface area contributed by atoms with Gasteiger partial charge in [0, 0.05) is 12.2 Å². The van der Waals surface area contributed by atoms with Crippen LogP contribution < -0.4 is 4.90 Å². The maximum absolute atomic E-state index is 12.1. The maximum atomic E-state index is 12.1. The van der Waals surface area contributed by atoms with Gasteiger partial charge in [0.05, 0.1) is 0 Å². The lowest BCUT2D eigenvalue weighted by Crippen LogP contribution is -2.34. The highest BCUT2D eigenvalue weighted by Crippen LogP contribution is 2.23. The lowest BCUT2D eigenvalue weighted by atomic mass is 10.2. The normalized spacial score (nSPS) is 11.0. The Morgan fingerprint density at radius 2 is 1.88 bits per heavy atom. The van der Waals surface area contributed by atoms with Gasteiger partial charge in [-0.3, -0.25) is 4.79 Å². The number of carbonyl (C=O) groups excluding carboxylic acids is 1. The fourth-order valence-electron chi connectivity index (χ4n) is 1.36. The second-order valence-corrected chi connectivity index (χ2v) is 3.42. The first-order valence-electron chi connectivity index (χ1n) is 4.97. The third kappa shape index (κ3) is 4.30. The van der Waals surface area contributed by atoms with E-state index in [0.717, 1.165) is 4.90 Å². The largest absolute Gasteiger partial charge is 0.397 e. The van der Waals surface area contributed by atoms with Gasteiger partial charge in [-0.25, -0.2) is 0 Å². The number of rotatable bonds is 4. The first kappa shape index (κ1) is 13.3. The van der Waals surface area contributed by atoms with Gasteiger partial charge in [-0.05, 0) is 12.1 Å². The molecule has 0 atom stereocenters. The van der Waals surface area contributed by atoms with Crippen LogP contribution in [0.2, 0.25) is 0 Å². The third-order valence-electron chi connectivity index (χ3n) is 2.03. The molecule has 0 aliphatic rings. The average molecular weight is 243 g/mol. The van der Waals surface area contributed by atoms with Crippen molar-refractivity contribution in [3.8, 4) is 0 Å². The zero-order valence-electron chi connectivity index (χ0n) is 9.07. The molecule has 0 N–H and O–H groups in total. The minimum atomic E-state index is -4.49. The maximum Gasteiger partial charge on any atom is 0.397 e. The summed E-state index contributed by atoms with van der Waals surface area (Å²) < 4.78 is 36.4. The van der Waals surface area contributed by atoms with Gasteiger partial charge in [0.2, 0.25) is 5.91 Å². The summed E-state index contributed by atoms with van der Waals surface area (Å²) in [5.41, 5.74) is 0.432. The summed E-state index contributed by atoms with van der Waals surface area (Å²) in [6.07, 6.45) is -4.57. The van der Waals surface area contributed by atoms with Crippen LogP contribution in [0, 0.1) is 0 Å². The fraction of sp³-hybridized carbons (Fsp3) is 0.250. The second-order valence-electron chi connectivity index (χ2n) is 3.42. The van der Waals surface area contributed by atoms with E-state index in [2.05, 4.69) is 6.58 Å². The fourth-order valence-corrected chi connectivity index (χ4v) is 1.36. The smallest absolute Gasteiger partial charge is 0.308 e. The number of carbonyl (C=O) groups is 1. The average Bonchev–Trinajstić information content (AvgIpc) is 2.24. The van der Waals surface area contributed by atoms with Crippen molar-refractivity contribution in [3.05, 3.63) is 43.0 Å². The number of para-hydroxylation sites is 1. The van der Waals surface area contributed by atoms with E-state index in [0.29, 0.717) is 5.69 Å². The van der Waals surface area contributed by atoms with E-state index in [1.807, 2.05) is 0 Å². The summed E-state index contributed by atoms with van der Waals surface area (Å²) in [5, 5.41) is 0. The van der Waals surface area contributed by atoms with Crippen molar-refractivity contribution in [2.45, 2.75) is 12.6 Å². The molecule has 92 valence electrons. The molecule has 0 aliphatic carbocycles. The number of hydrogen-bond acceptors (Lipinski definition) is 1. The van der Waals surface area contributed by atoms with Crippen LogP contribution in [0.15, 0.2) is 43.0 Å². The summed E-state index contributed by atoms with van der Waals surface area (Å²) in [4.78, 5) is 12.6. The topological polar surface area (TPSA) is 20.3 Å². The Labute approximate surface area is 97.3 Å². The molecule has 0 spiro atoms. The molecule has 0 saturated carbocycles. The van der Waals surface area contributed by atoms with Crippen LogP contribution >= 0.6 is 0 Å². The summed E-state index contributed by atoms with van der Waals surface area (Å²) >= 11 is 0. The molecule has 1 rings (SSSR count). The Morgan fingerprint density at radius 1 is 1.29 bits per heavy atom. The van der Waals surface area contributed by atoms with Crippen LogP contribution in [0.3, 0.4) is 0 Å². The van der Waals surface area contributed by atoms with Gasteiger partial charge < -0.3 is 4.90 Å². The Morgan fingerprint density at radius 3 is 2.35 bits per heavy atom. The third-order valence-corrected chi connectivity index (χ3v) is 2.03. The number of nitrogens with zero attached hydrogens (tertiary/aromatic N) is 1. The number of amides is 1. The summed E-state index contributed by atoms with van der Waals surface area (Å²) in [6.45, 7) is 3.48. The highest BCUT2D eigenvalue weighted by Gasteiger charge is 2.33. The monoisotopic (exact) mass is 243 g/mol. The first-order chi connectivity index (χ1) is 7.94. The molecular weight excluding hydrogens is 231 g/mol. The Kier molecular flexibility index (Phi) is 4.31. The first-order valence-corrected chi connectivity index (χ1v) is 4.97. The van der Waals surface area contributed by atoms with E-state index in [-0.39, 0.29) is 6.54 Å². The van der Waals surface area contributed by atoms with Gasteiger partial charge in [0.1, 0.15) is 6.42 Å². The van der Waals surface area contributed by atoms with Gasteiger partial charge in [0.15, 0.2) is 0 Å². The predicted molar refractivity (Wildman–Crippen MR) is 59.7 cm³/mol. The molecule has 0 fully saturated rings. The lowest BCUT2D eigenvalue weighted by molar-refractivity contribution is -0.151. The second kappa shape index (κ2) is 5.52. The van der Waals surface area contributed by atoms with E-state index >= 15 is 0 Å². The lowest BCUT2D eigenvalue weighted by Gasteiger charge is -2.21. The number of anilines is 1. The quantitative estimate of drug-likeness (QED) is 0.744. The summed E-state index contributed by atoms with van der Waals surface area (Å²) in [5.74, 6) is -0.983. The van der Waals surface area contributed by atoms with Crippen LogP contribution in [0.1, 0.15) is 6.42 Å². The van der Waals surface area contributed by atoms with Gasteiger partial charge in [-0.1, -0.05) is 24.3 Å². The van der Waals surface area contributed by atoms with Crippen molar-refractivity contribution in [3.63, 3.8) is 0 Å². The van der Waals surface area contributed by atoms with Crippen LogP contribution in [0.5, 0.6) is 0 Å². The van der Waals surface area contributed by atoms with Crippen LogP contribution in [0.4, 0.5) is 18.9 Å². The molecule has 1 aromatic carbocycles. The minimum absolute atomic E-state index is 0.0545. The van der Waals surface area contributed by atoms with E-state index in [9.17, 15) is 18.0 Å². The number of hydrogen-bond donors (Lipinski definition) is 0. The standard InChI is InChI=1S/C12H12F3NO/c1-2-8-16(10-6-4-3-5-7-10)11(17)9-12(13,14)15/h2-7H,1,8-9H2. The van der Waals surface area contributed by atoms with Gasteiger partial charge in [0.25, 0.3) is 0 Å². The van der Waals surface area contributed by atoms with Gasteiger partial charge >= 0.3 is 6.18 Å². The van der Waals surface area contributed by atoms with Crippen LogP contribution in [0.25, 0.3) is 0 Å².